The van der Waals surface area contributed by atoms with E-state index >= 15 is 0 Å². The molecule has 0 fully saturated rings. The summed E-state index contributed by atoms with van der Waals surface area (Å²) in [6.45, 7) is 0. The number of ether oxygens (including phenoxy) is 2. The van der Waals surface area contributed by atoms with Crippen molar-refractivity contribution in [2.45, 2.75) is 0 Å². The molecule has 0 saturated heterocycles. The Morgan fingerprint density at radius 1 is 0.900 bits per heavy atom. The zero-order valence-corrected chi connectivity index (χ0v) is 11.6. The SMILES string of the molecule is COc1ccc(/C=C/C=C/c2ccccn2)cc1OC. The highest BCUT2D eigenvalue weighted by Crippen LogP contribution is 2.27. The maximum absolute atomic E-state index is 5.27. The minimum atomic E-state index is 0.725. The summed E-state index contributed by atoms with van der Waals surface area (Å²) in [5, 5.41) is 0. The van der Waals surface area contributed by atoms with Gasteiger partial charge in [-0.25, -0.2) is 0 Å². The molecular weight excluding hydrogens is 250 g/mol. The fourth-order valence-electron chi connectivity index (χ4n) is 1.75. The van der Waals surface area contributed by atoms with Gasteiger partial charge in [0.15, 0.2) is 11.5 Å². The molecule has 3 nitrogen and oxygen atoms in total. The summed E-state index contributed by atoms with van der Waals surface area (Å²) < 4.78 is 10.5. The van der Waals surface area contributed by atoms with Gasteiger partial charge in [-0.05, 0) is 35.9 Å². The molecule has 0 bridgehead atoms. The molecule has 0 saturated carbocycles. The van der Waals surface area contributed by atoms with Crippen LogP contribution in [0.2, 0.25) is 0 Å². The fraction of sp³-hybridized carbons (Fsp3) is 0.118. The number of nitrogens with zero attached hydrogens (tertiary/aromatic N) is 1. The molecule has 1 aromatic heterocycles. The van der Waals surface area contributed by atoms with E-state index in [9.17, 15) is 0 Å². The van der Waals surface area contributed by atoms with Gasteiger partial charge in [0.25, 0.3) is 0 Å². The highest BCUT2D eigenvalue weighted by Gasteiger charge is 2.01. The van der Waals surface area contributed by atoms with E-state index in [4.69, 9.17) is 9.47 Å². The first-order chi connectivity index (χ1) is 9.83. The molecule has 3 heteroatoms. The third kappa shape index (κ3) is 3.72. The van der Waals surface area contributed by atoms with Crippen LogP contribution in [0.1, 0.15) is 11.3 Å². The molecular formula is C17H17NO2. The second-order valence-electron chi connectivity index (χ2n) is 4.09. The Morgan fingerprint density at radius 2 is 1.70 bits per heavy atom. The van der Waals surface area contributed by atoms with Crippen LogP contribution >= 0.6 is 0 Å². The summed E-state index contributed by atoms with van der Waals surface area (Å²) in [6, 6.07) is 11.6. The second kappa shape index (κ2) is 7.14. The summed E-state index contributed by atoms with van der Waals surface area (Å²) in [6.07, 6.45) is 9.66. The summed E-state index contributed by atoms with van der Waals surface area (Å²) in [5.41, 5.74) is 1.98. The largest absolute Gasteiger partial charge is 0.493 e. The van der Waals surface area contributed by atoms with E-state index in [1.165, 1.54) is 0 Å². The van der Waals surface area contributed by atoms with Crippen molar-refractivity contribution in [3.05, 3.63) is 66.0 Å². The van der Waals surface area contributed by atoms with Gasteiger partial charge in [0.05, 0.1) is 19.9 Å². The van der Waals surface area contributed by atoms with E-state index in [2.05, 4.69) is 4.98 Å². The predicted molar refractivity (Wildman–Crippen MR) is 81.9 cm³/mol. The van der Waals surface area contributed by atoms with E-state index in [1.54, 1.807) is 20.4 Å². The molecule has 0 N–H and O–H groups in total. The van der Waals surface area contributed by atoms with Crippen molar-refractivity contribution in [3.63, 3.8) is 0 Å². The first-order valence-electron chi connectivity index (χ1n) is 6.31. The minimum absolute atomic E-state index is 0.725. The molecule has 0 atom stereocenters. The molecule has 0 amide bonds. The van der Waals surface area contributed by atoms with Crippen LogP contribution in [0.5, 0.6) is 11.5 Å². The molecule has 0 aliphatic carbocycles. The van der Waals surface area contributed by atoms with Crippen LogP contribution in [0.3, 0.4) is 0 Å². The Hall–Kier alpha value is -2.55. The van der Waals surface area contributed by atoms with Crippen molar-refractivity contribution in [1.29, 1.82) is 0 Å². The highest BCUT2D eigenvalue weighted by atomic mass is 16.5. The molecule has 20 heavy (non-hydrogen) atoms. The van der Waals surface area contributed by atoms with Gasteiger partial charge in [0, 0.05) is 6.20 Å². The maximum atomic E-state index is 5.27. The molecule has 2 aromatic rings. The van der Waals surface area contributed by atoms with Gasteiger partial charge in [-0.3, -0.25) is 4.98 Å². The van der Waals surface area contributed by atoms with Crippen LogP contribution in [0.15, 0.2) is 54.7 Å². The summed E-state index contributed by atoms with van der Waals surface area (Å²) in [7, 11) is 3.26. The number of aromatic nitrogens is 1. The molecule has 0 aliphatic heterocycles. The van der Waals surface area contributed by atoms with Gasteiger partial charge < -0.3 is 9.47 Å². The first-order valence-corrected chi connectivity index (χ1v) is 6.31. The molecule has 1 heterocycles. The molecule has 0 unspecified atom stereocenters. The molecule has 102 valence electrons. The predicted octanol–water partition coefficient (Wildman–Crippen LogP) is 3.83. The lowest BCUT2D eigenvalue weighted by Crippen LogP contribution is -1.90. The molecule has 1 aromatic carbocycles. The first kappa shape index (κ1) is 13.9. The van der Waals surface area contributed by atoms with Crippen LogP contribution in [0, 0.1) is 0 Å². The van der Waals surface area contributed by atoms with Gasteiger partial charge in [-0.1, -0.05) is 30.4 Å². The van der Waals surface area contributed by atoms with Crippen molar-refractivity contribution in [2.75, 3.05) is 14.2 Å². The summed E-state index contributed by atoms with van der Waals surface area (Å²) in [4.78, 5) is 4.22. The van der Waals surface area contributed by atoms with Crippen molar-refractivity contribution < 1.29 is 9.47 Å². The lowest BCUT2D eigenvalue weighted by atomic mass is 10.2. The smallest absolute Gasteiger partial charge is 0.161 e. The van der Waals surface area contributed by atoms with E-state index in [-0.39, 0.29) is 0 Å². The van der Waals surface area contributed by atoms with Gasteiger partial charge in [0.2, 0.25) is 0 Å². The normalized spacial score (nSPS) is 11.1. The van der Waals surface area contributed by atoms with Crippen molar-refractivity contribution >= 4 is 12.2 Å². The number of rotatable bonds is 5. The standard InChI is InChI=1S/C17H17NO2/c1-19-16-11-10-14(13-17(16)20-2)7-3-4-8-15-9-5-6-12-18-15/h3-13H,1-2H3/b7-3+,8-4+. The third-order valence-electron chi connectivity index (χ3n) is 2.76. The molecule has 0 aliphatic rings. The average molecular weight is 267 g/mol. The summed E-state index contributed by atoms with van der Waals surface area (Å²) in [5.74, 6) is 1.46. The van der Waals surface area contributed by atoms with Gasteiger partial charge >= 0.3 is 0 Å². The number of benzene rings is 1. The lowest BCUT2D eigenvalue weighted by molar-refractivity contribution is 0.355. The van der Waals surface area contributed by atoms with Crippen LogP contribution < -0.4 is 9.47 Å². The van der Waals surface area contributed by atoms with E-state index in [0.717, 1.165) is 22.8 Å². The Labute approximate surface area is 119 Å². The highest BCUT2D eigenvalue weighted by molar-refractivity contribution is 5.59. The third-order valence-corrected chi connectivity index (χ3v) is 2.76. The van der Waals surface area contributed by atoms with E-state index < -0.39 is 0 Å². The van der Waals surface area contributed by atoms with Gasteiger partial charge in [0.1, 0.15) is 0 Å². The Morgan fingerprint density at radius 3 is 2.40 bits per heavy atom. The van der Waals surface area contributed by atoms with Gasteiger partial charge in [-0.15, -0.1) is 0 Å². The molecule has 0 spiro atoms. The van der Waals surface area contributed by atoms with Crippen LogP contribution in [0.25, 0.3) is 12.2 Å². The lowest BCUT2D eigenvalue weighted by Gasteiger charge is -2.07. The number of hydrogen-bond donors (Lipinski definition) is 0. The Bertz CT molecular complexity index is 604. The van der Waals surface area contributed by atoms with Crippen molar-refractivity contribution in [1.82, 2.24) is 4.98 Å². The second-order valence-corrected chi connectivity index (χ2v) is 4.09. The molecule has 0 radical (unpaired) electrons. The zero-order valence-electron chi connectivity index (χ0n) is 11.6. The molecule has 2 rings (SSSR count). The number of hydrogen-bond acceptors (Lipinski definition) is 3. The number of methoxy groups -OCH3 is 2. The number of pyridine rings is 1. The minimum Gasteiger partial charge on any atom is -0.493 e. The van der Waals surface area contributed by atoms with Crippen LogP contribution in [-0.4, -0.2) is 19.2 Å². The Kier molecular flexibility index (Phi) is 4.95. The quantitative estimate of drug-likeness (QED) is 0.772. The maximum Gasteiger partial charge on any atom is 0.161 e. The van der Waals surface area contributed by atoms with E-state index in [0.29, 0.717) is 0 Å². The van der Waals surface area contributed by atoms with Gasteiger partial charge in [-0.2, -0.15) is 0 Å². The fourth-order valence-corrected chi connectivity index (χ4v) is 1.75. The Balaban J connectivity index is 2.06. The monoisotopic (exact) mass is 267 g/mol. The number of allylic oxidation sites excluding steroid dienone is 2. The van der Waals surface area contributed by atoms with Crippen molar-refractivity contribution in [3.8, 4) is 11.5 Å². The zero-order chi connectivity index (χ0) is 14.2. The van der Waals surface area contributed by atoms with Crippen LogP contribution in [0.4, 0.5) is 0 Å². The topological polar surface area (TPSA) is 31.4 Å². The van der Waals surface area contributed by atoms with Crippen molar-refractivity contribution in [2.24, 2.45) is 0 Å². The van der Waals surface area contributed by atoms with Crippen LogP contribution in [-0.2, 0) is 0 Å². The summed E-state index contributed by atoms with van der Waals surface area (Å²) >= 11 is 0. The van der Waals surface area contributed by atoms with E-state index in [1.807, 2.05) is 60.7 Å². The average Bonchev–Trinajstić information content (AvgIpc) is 2.52.